The molecule has 3 aromatic heterocycles. The van der Waals surface area contributed by atoms with Crippen molar-refractivity contribution < 1.29 is 0 Å². The first-order chi connectivity index (χ1) is 11.4. The topological polar surface area (TPSA) is 56.0 Å². The molecule has 0 radical (unpaired) electrons. The number of pyridine rings is 1. The Morgan fingerprint density at radius 3 is 2.74 bits per heavy atom. The highest BCUT2D eigenvalue weighted by Crippen LogP contribution is 2.25. The molecule has 4 rings (SSSR count). The Balaban J connectivity index is 1.51. The normalized spacial score (nSPS) is 11.1. The summed E-state index contributed by atoms with van der Waals surface area (Å²) in [5, 5.41) is 14.0. The van der Waals surface area contributed by atoms with Crippen molar-refractivity contribution in [3.8, 4) is 10.6 Å². The molecule has 0 atom stereocenters. The highest BCUT2D eigenvalue weighted by Gasteiger charge is 2.12. The first kappa shape index (κ1) is 14.3. The van der Waals surface area contributed by atoms with Crippen LogP contribution in [0.25, 0.3) is 15.5 Å². The monoisotopic (exact) mass is 339 g/mol. The predicted molar refractivity (Wildman–Crippen MR) is 93.3 cm³/mol. The fourth-order valence-electron chi connectivity index (χ4n) is 2.19. The van der Waals surface area contributed by atoms with Gasteiger partial charge in [0.05, 0.1) is 5.75 Å². The lowest BCUT2D eigenvalue weighted by atomic mass is 10.2. The largest absolute Gasteiger partial charge is 0.264 e. The third-order valence-corrected chi connectivity index (χ3v) is 5.25. The quantitative estimate of drug-likeness (QED) is 0.555. The number of thioether (sulfide) groups is 1. The van der Waals surface area contributed by atoms with Gasteiger partial charge < -0.3 is 0 Å². The summed E-state index contributed by atoms with van der Waals surface area (Å²) in [6.45, 7) is 0. The van der Waals surface area contributed by atoms with E-state index in [4.69, 9.17) is 0 Å². The molecule has 0 saturated heterocycles. The van der Waals surface area contributed by atoms with E-state index < -0.39 is 0 Å². The van der Waals surface area contributed by atoms with E-state index in [1.54, 1.807) is 6.20 Å². The molecule has 0 aliphatic heterocycles. The number of benzene rings is 1. The summed E-state index contributed by atoms with van der Waals surface area (Å²) in [5.74, 6) is 2.62. The van der Waals surface area contributed by atoms with Crippen LogP contribution >= 0.6 is 23.1 Å². The first-order valence-corrected chi connectivity index (χ1v) is 9.10. The summed E-state index contributed by atoms with van der Waals surface area (Å²) in [6, 6.07) is 14.3. The van der Waals surface area contributed by atoms with Crippen LogP contribution in [0.5, 0.6) is 0 Å². The maximum atomic E-state index is 4.63. The van der Waals surface area contributed by atoms with Gasteiger partial charge in [0.1, 0.15) is 5.01 Å². The van der Waals surface area contributed by atoms with E-state index in [0.29, 0.717) is 0 Å². The summed E-state index contributed by atoms with van der Waals surface area (Å²) < 4.78 is 1.84. The van der Waals surface area contributed by atoms with Crippen LogP contribution in [-0.2, 0) is 11.5 Å². The Morgan fingerprint density at radius 2 is 1.91 bits per heavy atom. The molecule has 114 valence electrons. The van der Waals surface area contributed by atoms with Crippen molar-refractivity contribution >= 4 is 28.1 Å². The zero-order valence-electron chi connectivity index (χ0n) is 12.2. The van der Waals surface area contributed by atoms with Crippen LogP contribution in [0.1, 0.15) is 11.4 Å². The average Bonchev–Trinajstić information content (AvgIpc) is 3.18. The molecule has 0 aliphatic carbocycles. The molecule has 5 nitrogen and oxygen atoms in total. The van der Waals surface area contributed by atoms with Gasteiger partial charge in [0.25, 0.3) is 0 Å². The van der Waals surface area contributed by atoms with Crippen molar-refractivity contribution in [2.24, 2.45) is 0 Å². The number of fused-ring (bicyclic) bond motifs is 1. The van der Waals surface area contributed by atoms with E-state index in [2.05, 4.69) is 44.5 Å². The van der Waals surface area contributed by atoms with Gasteiger partial charge in [-0.1, -0.05) is 41.7 Å². The van der Waals surface area contributed by atoms with Gasteiger partial charge in [0.2, 0.25) is 4.96 Å². The molecule has 0 unspecified atom stereocenters. The van der Waals surface area contributed by atoms with Crippen molar-refractivity contribution in [2.45, 2.75) is 11.5 Å². The van der Waals surface area contributed by atoms with E-state index in [0.717, 1.165) is 32.9 Å². The van der Waals surface area contributed by atoms with Crippen LogP contribution in [0.3, 0.4) is 0 Å². The second-order valence-electron chi connectivity index (χ2n) is 4.94. The molecular weight excluding hydrogens is 326 g/mol. The molecule has 1 aromatic carbocycles. The van der Waals surface area contributed by atoms with Gasteiger partial charge >= 0.3 is 0 Å². The standard InChI is InChI=1S/C16H13N5S2/c1-2-5-12(6-3-1)10-22-11-14-18-19-16-21(14)20-15(23-16)13-7-4-8-17-9-13/h1-9H,10-11H2. The number of nitrogens with zero attached hydrogens (tertiary/aromatic N) is 5. The highest BCUT2D eigenvalue weighted by atomic mass is 32.2. The number of aromatic nitrogens is 5. The summed E-state index contributed by atoms with van der Waals surface area (Å²) >= 11 is 3.34. The van der Waals surface area contributed by atoms with Crippen LogP contribution < -0.4 is 0 Å². The van der Waals surface area contributed by atoms with Crippen molar-refractivity contribution in [1.82, 2.24) is 24.8 Å². The molecule has 0 N–H and O–H groups in total. The number of hydrogen-bond acceptors (Lipinski definition) is 6. The second-order valence-corrected chi connectivity index (χ2v) is 6.88. The van der Waals surface area contributed by atoms with E-state index in [1.165, 1.54) is 16.9 Å². The van der Waals surface area contributed by atoms with Crippen LogP contribution in [0, 0.1) is 0 Å². The van der Waals surface area contributed by atoms with E-state index in [-0.39, 0.29) is 0 Å². The van der Waals surface area contributed by atoms with Crippen LogP contribution in [-0.4, -0.2) is 24.8 Å². The van der Waals surface area contributed by atoms with Gasteiger partial charge in [-0.05, 0) is 17.7 Å². The number of hydrogen-bond donors (Lipinski definition) is 0. The van der Waals surface area contributed by atoms with Crippen LogP contribution in [0.2, 0.25) is 0 Å². The summed E-state index contributed by atoms with van der Waals surface area (Å²) in [7, 11) is 0. The maximum absolute atomic E-state index is 4.63. The fraction of sp³-hybridized carbons (Fsp3) is 0.125. The molecular formula is C16H13N5S2. The third kappa shape index (κ3) is 3.11. The Morgan fingerprint density at radius 1 is 1.00 bits per heavy atom. The molecule has 7 heteroatoms. The fourth-order valence-corrected chi connectivity index (χ4v) is 3.93. The molecule has 0 aliphatic rings. The molecule has 3 heterocycles. The first-order valence-electron chi connectivity index (χ1n) is 7.13. The van der Waals surface area contributed by atoms with Gasteiger partial charge in [-0.2, -0.15) is 9.61 Å². The minimum Gasteiger partial charge on any atom is -0.264 e. The summed E-state index contributed by atoms with van der Waals surface area (Å²) in [5.41, 5.74) is 2.32. The smallest absolute Gasteiger partial charge is 0.235 e. The molecule has 23 heavy (non-hydrogen) atoms. The molecule has 0 amide bonds. The van der Waals surface area contributed by atoms with Crippen molar-refractivity contribution in [1.29, 1.82) is 0 Å². The lowest BCUT2D eigenvalue weighted by Gasteiger charge is -1.99. The van der Waals surface area contributed by atoms with Crippen LogP contribution in [0.15, 0.2) is 54.9 Å². The van der Waals surface area contributed by atoms with Crippen LogP contribution in [0.4, 0.5) is 0 Å². The molecule has 0 bridgehead atoms. The van der Waals surface area contributed by atoms with E-state index in [9.17, 15) is 0 Å². The summed E-state index contributed by atoms with van der Waals surface area (Å²) in [4.78, 5) is 4.96. The van der Waals surface area contributed by atoms with Crippen molar-refractivity contribution in [3.05, 3.63) is 66.2 Å². The lowest BCUT2D eigenvalue weighted by Crippen LogP contribution is -1.94. The Labute approximate surface area is 141 Å². The SMILES string of the molecule is c1ccc(CSCc2nnc3sc(-c4cccnc4)nn23)cc1. The number of rotatable bonds is 5. The zero-order valence-corrected chi connectivity index (χ0v) is 13.8. The Hall–Kier alpha value is -2.25. The van der Waals surface area contributed by atoms with Gasteiger partial charge in [0.15, 0.2) is 5.82 Å². The van der Waals surface area contributed by atoms with E-state index >= 15 is 0 Å². The predicted octanol–water partition coefficient (Wildman–Crippen LogP) is 3.68. The van der Waals surface area contributed by atoms with Gasteiger partial charge in [-0.25, -0.2) is 0 Å². The summed E-state index contributed by atoms with van der Waals surface area (Å²) in [6.07, 6.45) is 3.57. The van der Waals surface area contributed by atoms with Crippen molar-refractivity contribution in [3.63, 3.8) is 0 Å². The maximum Gasteiger partial charge on any atom is 0.235 e. The van der Waals surface area contributed by atoms with Crippen molar-refractivity contribution in [2.75, 3.05) is 0 Å². The minimum absolute atomic E-state index is 0.784. The van der Waals surface area contributed by atoms with Gasteiger partial charge in [0, 0.05) is 23.7 Å². The Kier molecular flexibility index (Phi) is 4.04. The minimum atomic E-state index is 0.784. The lowest BCUT2D eigenvalue weighted by molar-refractivity contribution is 0.887. The third-order valence-electron chi connectivity index (χ3n) is 3.31. The second kappa shape index (κ2) is 6.47. The highest BCUT2D eigenvalue weighted by molar-refractivity contribution is 7.97. The molecule has 4 aromatic rings. The average molecular weight is 339 g/mol. The van der Waals surface area contributed by atoms with Gasteiger partial charge in [-0.3, -0.25) is 4.98 Å². The Bertz CT molecular complexity index is 902. The molecule has 0 fully saturated rings. The van der Waals surface area contributed by atoms with Gasteiger partial charge in [-0.15, -0.1) is 22.0 Å². The molecule has 0 saturated carbocycles. The van der Waals surface area contributed by atoms with E-state index in [1.807, 2.05) is 40.7 Å². The molecule has 0 spiro atoms. The zero-order chi connectivity index (χ0) is 15.5.